The Bertz CT molecular complexity index is 567. The van der Waals surface area contributed by atoms with Gasteiger partial charge in [-0.15, -0.1) is 0 Å². The first-order chi connectivity index (χ1) is 10.5. The summed E-state index contributed by atoms with van der Waals surface area (Å²) in [7, 11) is 0. The molecule has 4 rings (SSSR count). The van der Waals surface area contributed by atoms with E-state index < -0.39 is 0 Å². The highest BCUT2D eigenvalue weighted by atomic mass is 16.3. The second-order valence-corrected chi connectivity index (χ2v) is 6.20. The Morgan fingerprint density at radius 2 is 0.909 bits per heavy atom. The van der Waals surface area contributed by atoms with Crippen molar-refractivity contribution < 1.29 is 10.2 Å². The van der Waals surface area contributed by atoms with E-state index in [1.807, 2.05) is 24.3 Å². The lowest BCUT2D eigenvalue weighted by atomic mass is 10.1. The summed E-state index contributed by atoms with van der Waals surface area (Å²) in [6.07, 6.45) is 2.18. The SMILES string of the molecule is N[C@@H]1C[C@H]1c1ccc(O)cc1.N[C@H]1C[C@@H]1c1ccc(O)cc1. The molecule has 4 heteroatoms. The second-order valence-electron chi connectivity index (χ2n) is 6.20. The van der Waals surface area contributed by atoms with Gasteiger partial charge in [-0.1, -0.05) is 24.3 Å². The van der Waals surface area contributed by atoms with Crippen molar-refractivity contribution in [1.82, 2.24) is 0 Å². The number of nitrogens with two attached hydrogens (primary N) is 2. The standard InChI is InChI=1S/2C9H11NO/c2*10-9-5-8(9)6-1-3-7(11)4-2-6/h2*1-4,8-9,11H,5,10H2/t2*8-,9+/m10/s1. The minimum absolute atomic E-state index is 0.322. The quantitative estimate of drug-likeness (QED) is 0.685. The Hall–Kier alpha value is -2.04. The van der Waals surface area contributed by atoms with Crippen molar-refractivity contribution in [3.63, 3.8) is 0 Å². The highest BCUT2D eigenvalue weighted by molar-refractivity contribution is 5.33. The third kappa shape index (κ3) is 3.59. The molecule has 0 aliphatic heterocycles. The van der Waals surface area contributed by atoms with Crippen molar-refractivity contribution in [2.75, 3.05) is 0 Å². The van der Waals surface area contributed by atoms with Crippen LogP contribution in [0, 0.1) is 0 Å². The van der Waals surface area contributed by atoms with Crippen molar-refractivity contribution in [3.8, 4) is 11.5 Å². The molecule has 0 bridgehead atoms. The molecule has 2 aromatic rings. The summed E-state index contributed by atoms with van der Waals surface area (Å²) in [6, 6.07) is 15.3. The molecule has 0 unspecified atom stereocenters. The van der Waals surface area contributed by atoms with Gasteiger partial charge in [0.05, 0.1) is 0 Å². The summed E-state index contributed by atoms with van der Waals surface area (Å²) in [4.78, 5) is 0. The van der Waals surface area contributed by atoms with E-state index in [2.05, 4.69) is 0 Å². The molecule has 2 fully saturated rings. The lowest BCUT2D eigenvalue weighted by Gasteiger charge is -1.97. The van der Waals surface area contributed by atoms with Crippen LogP contribution in [0.25, 0.3) is 0 Å². The molecule has 0 heterocycles. The van der Waals surface area contributed by atoms with Crippen molar-refractivity contribution >= 4 is 0 Å². The molecule has 0 spiro atoms. The molecule has 6 N–H and O–H groups in total. The molecule has 0 saturated heterocycles. The van der Waals surface area contributed by atoms with Gasteiger partial charge in [0.2, 0.25) is 0 Å². The number of phenols is 2. The predicted molar refractivity (Wildman–Crippen MR) is 86.9 cm³/mol. The summed E-state index contributed by atoms with van der Waals surface area (Å²) < 4.78 is 0. The van der Waals surface area contributed by atoms with Crippen LogP contribution in [0.15, 0.2) is 48.5 Å². The number of hydrogen-bond donors (Lipinski definition) is 4. The van der Waals surface area contributed by atoms with Crippen molar-refractivity contribution in [2.45, 2.75) is 36.8 Å². The molecule has 4 nitrogen and oxygen atoms in total. The van der Waals surface area contributed by atoms with Crippen LogP contribution in [0.5, 0.6) is 11.5 Å². The Kier molecular flexibility index (Phi) is 4.05. The third-order valence-electron chi connectivity index (χ3n) is 4.32. The largest absolute Gasteiger partial charge is 0.508 e. The van der Waals surface area contributed by atoms with Crippen LogP contribution in [-0.4, -0.2) is 22.3 Å². The lowest BCUT2D eigenvalue weighted by molar-refractivity contribution is 0.474. The highest BCUT2D eigenvalue weighted by Gasteiger charge is 2.35. The van der Waals surface area contributed by atoms with Gasteiger partial charge < -0.3 is 21.7 Å². The Morgan fingerprint density at radius 3 is 1.14 bits per heavy atom. The number of phenolic OH excluding ortho intramolecular Hbond substituents is 2. The maximum Gasteiger partial charge on any atom is 0.115 e. The molecule has 2 saturated carbocycles. The van der Waals surface area contributed by atoms with E-state index in [-0.39, 0.29) is 0 Å². The summed E-state index contributed by atoms with van der Waals surface area (Å²) >= 11 is 0. The van der Waals surface area contributed by atoms with Crippen molar-refractivity contribution in [1.29, 1.82) is 0 Å². The zero-order valence-electron chi connectivity index (χ0n) is 12.4. The third-order valence-corrected chi connectivity index (χ3v) is 4.32. The van der Waals surface area contributed by atoms with Crippen LogP contribution >= 0.6 is 0 Å². The Balaban J connectivity index is 0.000000131. The average molecular weight is 298 g/mol. The van der Waals surface area contributed by atoms with Crippen LogP contribution in [0.1, 0.15) is 35.8 Å². The zero-order valence-corrected chi connectivity index (χ0v) is 12.4. The van der Waals surface area contributed by atoms with Gasteiger partial charge in [-0.3, -0.25) is 0 Å². The fourth-order valence-corrected chi connectivity index (χ4v) is 2.64. The van der Waals surface area contributed by atoms with E-state index in [0.717, 1.165) is 12.8 Å². The Labute approximate surface area is 130 Å². The van der Waals surface area contributed by atoms with Gasteiger partial charge in [-0.05, 0) is 48.2 Å². The molecule has 4 atom stereocenters. The maximum absolute atomic E-state index is 8.99. The van der Waals surface area contributed by atoms with E-state index >= 15 is 0 Å². The molecule has 116 valence electrons. The van der Waals surface area contributed by atoms with E-state index in [1.54, 1.807) is 24.3 Å². The number of benzene rings is 2. The first-order valence-corrected chi connectivity index (χ1v) is 7.63. The minimum Gasteiger partial charge on any atom is -0.508 e. The van der Waals surface area contributed by atoms with Crippen LogP contribution in [-0.2, 0) is 0 Å². The van der Waals surface area contributed by atoms with Gasteiger partial charge >= 0.3 is 0 Å². The van der Waals surface area contributed by atoms with E-state index in [9.17, 15) is 0 Å². The molecule has 22 heavy (non-hydrogen) atoms. The summed E-state index contributed by atoms with van der Waals surface area (Å²) in [5.74, 6) is 1.72. The van der Waals surface area contributed by atoms with Crippen LogP contribution in [0.3, 0.4) is 0 Å². The van der Waals surface area contributed by atoms with E-state index in [0.29, 0.717) is 35.4 Å². The van der Waals surface area contributed by atoms with E-state index in [1.165, 1.54) is 11.1 Å². The monoisotopic (exact) mass is 298 g/mol. The molecule has 0 radical (unpaired) electrons. The number of rotatable bonds is 2. The van der Waals surface area contributed by atoms with Crippen molar-refractivity contribution in [2.24, 2.45) is 11.5 Å². The van der Waals surface area contributed by atoms with Crippen LogP contribution in [0.2, 0.25) is 0 Å². The van der Waals surface area contributed by atoms with Gasteiger partial charge in [0.1, 0.15) is 11.5 Å². The molecule has 0 amide bonds. The molecule has 2 aliphatic rings. The molecule has 0 aromatic heterocycles. The summed E-state index contributed by atoms with van der Waals surface area (Å²) in [6.45, 7) is 0. The summed E-state index contributed by atoms with van der Waals surface area (Å²) in [5.41, 5.74) is 13.8. The van der Waals surface area contributed by atoms with Crippen molar-refractivity contribution in [3.05, 3.63) is 59.7 Å². The lowest BCUT2D eigenvalue weighted by Crippen LogP contribution is -2.00. The van der Waals surface area contributed by atoms with Crippen LogP contribution < -0.4 is 11.5 Å². The summed E-state index contributed by atoms with van der Waals surface area (Å²) in [5, 5.41) is 18.0. The fraction of sp³-hybridized carbons (Fsp3) is 0.333. The fourth-order valence-electron chi connectivity index (χ4n) is 2.64. The first kappa shape index (κ1) is 14.9. The Morgan fingerprint density at radius 1 is 0.636 bits per heavy atom. The van der Waals surface area contributed by atoms with E-state index in [4.69, 9.17) is 21.7 Å². The van der Waals surface area contributed by atoms with Gasteiger partial charge in [0.25, 0.3) is 0 Å². The normalized spacial score (nSPS) is 28.5. The van der Waals surface area contributed by atoms with Gasteiger partial charge in [-0.25, -0.2) is 0 Å². The first-order valence-electron chi connectivity index (χ1n) is 7.63. The van der Waals surface area contributed by atoms with Crippen LogP contribution in [0.4, 0.5) is 0 Å². The highest BCUT2D eigenvalue weighted by Crippen LogP contribution is 2.39. The number of hydrogen-bond acceptors (Lipinski definition) is 4. The minimum atomic E-state index is 0.322. The molecule has 2 aromatic carbocycles. The average Bonchev–Trinajstić information content (AvgIpc) is 3.41. The molecule has 2 aliphatic carbocycles. The second kappa shape index (κ2) is 5.99. The smallest absolute Gasteiger partial charge is 0.115 e. The van der Waals surface area contributed by atoms with Gasteiger partial charge in [0.15, 0.2) is 0 Å². The maximum atomic E-state index is 8.99. The molecular formula is C18H22N2O2. The topological polar surface area (TPSA) is 92.5 Å². The van der Waals surface area contributed by atoms with Gasteiger partial charge in [-0.2, -0.15) is 0 Å². The van der Waals surface area contributed by atoms with Gasteiger partial charge in [0, 0.05) is 23.9 Å². The number of aromatic hydroxyl groups is 2. The zero-order chi connectivity index (χ0) is 15.7. The molecular weight excluding hydrogens is 276 g/mol. The predicted octanol–water partition coefficient (Wildman–Crippen LogP) is 2.41.